The Kier molecular flexibility index (Phi) is 4.80. The second kappa shape index (κ2) is 6.57. The summed E-state index contributed by atoms with van der Waals surface area (Å²) in [5, 5.41) is 2.98. The molecule has 1 aliphatic heterocycles. The van der Waals surface area contributed by atoms with Gasteiger partial charge in [0.05, 0.1) is 0 Å². The lowest BCUT2D eigenvalue weighted by Gasteiger charge is -2.37. The first kappa shape index (κ1) is 13.9. The Hall–Kier alpha value is -1.55. The summed E-state index contributed by atoms with van der Waals surface area (Å²) >= 11 is 0. The van der Waals surface area contributed by atoms with E-state index in [4.69, 9.17) is 5.73 Å². The minimum absolute atomic E-state index is 0.00542. The quantitative estimate of drug-likeness (QED) is 0.875. The van der Waals surface area contributed by atoms with Crippen molar-refractivity contribution in [1.29, 1.82) is 0 Å². The molecule has 104 valence electrons. The SMILES string of the molecule is CC(N)C1CCCCN1C(=O)NCc1ccccc1. The van der Waals surface area contributed by atoms with Crippen molar-refractivity contribution in [3.63, 3.8) is 0 Å². The smallest absolute Gasteiger partial charge is 0.317 e. The van der Waals surface area contributed by atoms with Gasteiger partial charge in [-0.25, -0.2) is 4.79 Å². The third-order valence-corrected chi connectivity index (χ3v) is 3.70. The van der Waals surface area contributed by atoms with E-state index in [1.807, 2.05) is 42.2 Å². The first-order valence-electron chi connectivity index (χ1n) is 7.02. The Morgan fingerprint density at radius 3 is 2.84 bits per heavy atom. The van der Waals surface area contributed by atoms with Gasteiger partial charge in [-0.1, -0.05) is 30.3 Å². The molecule has 1 saturated heterocycles. The molecule has 4 nitrogen and oxygen atoms in total. The fraction of sp³-hybridized carbons (Fsp3) is 0.533. The molecule has 2 rings (SSSR count). The maximum Gasteiger partial charge on any atom is 0.317 e. The molecule has 1 fully saturated rings. The van der Waals surface area contributed by atoms with Crippen LogP contribution in [-0.4, -0.2) is 29.6 Å². The lowest BCUT2D eigenvalue weighted by atomic mass is 9.97. The number of rotatable bonds is 3. The van der Waals surface area contributed by atoms with Crippen LogP contribution < -0.4 is 11.1 Å². The van der Waals surface area contributed by atoms with Crippen molar-refractivity contribution in [3.8, 4) is 0 Å². The van der Waals surface area contributed by atoms with Crippen molar-refractivity contribution >= 4 is 6.03 Å². The van der Waals surface area contributed by atoms with Crippen molar-refractivity contribution in [1.82, 2.24) is 10.2 Å². The maximum absolute atomic E-state index is 12.2. The Balaban J connectivity index is 1.91. The molecule has 0 radical (unpaired) electrons. The highest BCUT2D eigenvalue weighted by Crippen LogP contribution is 2.19. The monoisotopic (exact) mass is 261 g/mol. The minimum atomic E-state index is 0.00542. The summed E-state index contributed by atoms with van der Waals surface area (Å²) in [4.78, 5) is 14.1. The number of hydrogen-bond acceptors (Lipinski definition) is 2. The summed E-state index contributed by atoms with van der Waals surface area (Å²) in [6, 6.07) is 10.2. The first-order chi connectivity index (χ1) is 9.18. The molecule has 0 aliphatic carbocycles. The van der Waals surface area contributed by atoms with Crippen LogP contribution in [0.4, 0.5) is 4.79 Å². The summed E-state index contributed by atoms with van der Waals surface area (Å²) in [5.41, 5.74) is 7.10. The summed E-state index contributed by atoms with van der Waals surface area (Å²) in [6.07, 6.45) is 3.24. The summed E-state index contributed by atoms with van der Waals surface area (Å²) in [6.45, 7) is 3.36. The number of urea groups is 1. The lowest BCUT2D eigenvalue weighted by molar-refractivity contribution is 0.140. The summed E-state index contributed by atoms with van der Waals surface area (Å²) in [7, 11) is 0. The average Bonchev–Trinajstić information content (AvgIpc) is 2.46. The third-order valence-electron chi connectivity index (χ3n) is 3.70. The van der Waals surface area contributed by atoms with Crippen LogP contribution in [0, 0.1) is 0 Å². The van der Waals surface area contributed by atoms with Crippen molar-refractivity contribution in [2.45, 2.75) is 44.8 Å². The van der Waals surface area contributed by atoms with E-state index in [0.717, 1.165) is 31.4 Å². The normalized spacial score (nSPS) is 20.9. The van der Waals surface area contributed by atoms with E-state index in [-0.39, 0.29) is 18.1 Å². The van der Waals surface area contributed by atoms with Gasteiger partial charge < -0.3 is 16.0 Å². The van der Waals surface area contributed by atoms with Crippen LogP contribution in [-0.2, 0) is 6.54 Å². The first-order valence-corrected chi connectivity index (χ1v) is 7.02. The van der Waals surface area contributed by atoms with Crippen molar-refractivity contribution in [2.24, 2.45) is 5.73 Å². The van der Waals surface area contributed by atoms with E-state index in [1.165, 1.54) is 0 Å². The van der Waals surface area contributed by atoms with Crippen molar-refractivity contribution in [3.05, 3.63) is 35.9 Å². The number of hydrogen-bond donors (Lipinski definition) is 2. The van der Waals surface area contributed by atoms with E-state index in [1.54, 1.807) is 0 Å². The van der Waals surface area contributed by atoms with Gasteiger partial charge in [0.25, 0.3) is 0 Å². The second-order valence-electron chi connectivity index (χ2n) is 5.26. The third kappa shape index (κ3) is 3.70. The number of nitrogens with zero attached hydrogens (tertiary/aromatic N) is 1. The Bertz CT molecular complexity index is 405. The van der Waals surface area contributed by atoms with Gasteiger partial charge >= 0.3 is 6.03 Å². The molecule has 0 spiro atoms. The van der Waals surface area contributed by atoms with Gasteiger partial charge in [0, 0.05) is 25.2 Å². The zero-order chi connectivity index (χ0) is 13.7. The molecule has 0 bridgehead atoms. The van der Waals surface area contributed by atoms with E-state index >= 15 is 0 Å². The van der Waals surface area contributed by atoms with Crippen molar-refractivity contribution < 1.29 is 4.79 Å². The number of nitrogens with two attached hydrogens (primary N) is 1. The molecule has 19 heavy (non-hydrogen) atoms. The van der Waals surface area contributed by atoms with Crippen LogP contribution in [0.25, 0.3) is 0 Å². The molecule has 1 heterocycles. The number of carbonyl (C=O) groups is 1. The van der Waals surface area contributed by atoms with Crippen LogP contribution in [0.1, 0.15) is 31.7 Å². The molecular formula is C15H23N3O. The molecule has 3 N–H and O–H groups in total. The molecule has 1 aliphatic rings. The zero-order valence-corrected chi connectivity index (χ0v) is 11.5. The molecule has 1 aromatic carbocycles. The van der Waals surface area contributed by atoms with Crippen LogP contribution in [0.2, 0.25) is 0 Å². The van der Waals surface area contributed by atoms with Gasteiger partial charge in [-0.3, -0.25) is 0 Å². The maximum atomic E-state index is 12.2. The highest BCUT2D eigenvalue weighted by Gasteiger charge is 2.28. The molecule has 0 aromatic heterocycles. The highest BCUT2D eigenvalue weighted by atomic mass is 16.2. The lowest BCUT2D eigenvalue weighted by Crippen LogP contribution is -2.54. The van der Waals surface area contributed by atoms with Gasteiger partial charge in [-0.05, 0) is 31.7 Å². The van der Waals surface area contributed by atoms with Crippen molar-refractivity contribution in [2.75, 3.05) is 6.54 Å². The Morgan fingerprint density at radius 2 is 2.16 bits per heavy atom. The summed E-state index contributed by atoms with van der Waals surface area (Å²) in [5.74, 6) is 0. The predicted octanol–water partition coefficient (Wildman–Crippen LogP) is 2.10. The molecular weight excluding hydrogens is 238 g/mol. The number of nitrogens with one attached hydrogen (secondary N) is 1. The molecule has 4 heteroatoms. The zero-order valence-electron chi connectivity index (χ0n) is 11.5. The Labute approximate surface area is 115 Å². The average molecular weight is 261 g/mol. The van der Waals surface area contributed by atoms with E-state index in [2.05, 4.69) is 5.32 Å². The molecule has 2 unspecified atom stereocenters. The van der Waals surface area contributed by atoms with E-state index in [0.29, 0.717) is 6.54 Å². The predicted molar refractivity (Wildman–Crippen MR) is 76.7 cm³/mol. The van der Waals surface area contributed by atoms with Crippen LogP contribution in [0.5, 0.6) is 0 Å². The van der Waals surface area contributed by atoms with Crippen LogP contribution in [0.15, 0.2) is 30.3 Å². The number of piperidine rings is 1. The standard InChI is InChI=1S/C15H23N3O/c1-12(16)14-9-5-6-10-18(14)15(19)17-11-13-7-3-2-4-8-13/h2-4,7-8,12,14H,5-6,9-11,16H2,1H3,(H,17,19). The van der Waals surface area contributed by atoms with Gasteiger partial charge in [0.1, 0.15) is 0 Å². The number of amides is 2. The highest BCUT2D eigenvalue weighted by molar-refractivity contribution is 5.74. The molecule has 2 atom stereocenters. The molecule has 0 saturated carbocycles. The Morgan fingerprint density at radius 1 is 1.42 bits per heavy atom. The largest absolute Gasteiger partial charge is 0.334 e. The fourth-order valence-electron chi connectivity index (χ4n) is 2.63. The van der Waals surface area contributed by atoms with Crippen LogP contribution in [0.3, 0.4) is 0 Å². The number of carbonyl (C=O) groups excluding carboxylic acids is 1. The van der Waals surface area contributed by atoms with E-state index < -0.39 is 0 Å². The number of likely N-dealkylation sites (tertiary alicyclic amines) is 1. The second-order valence-corrected chi connectivity index (χ2v) is 5.26. The number of benzene rings is 1. The topological polar surface area (TPSA) is 58.4 Å². The van der Waals surface area contributed by atoms with E-state index in [9.17, 15) is 4.79 Å². The molecule has 2 amide bonds. The summed E-state index contributed by atoms with van der Waals surface area (Å²) < 4.78 is 0. The van der Waals surface area contributed by atoms with Gasteiger partial charge in [0.2, 0.25) is 0 Å². The van der Waals surface area contributed by atoms with Crippen LogP contribution >= 0.6 is 0 Å². The van der Waals surface area contributed by atoms with Gasteiger partial charge in [-0.2, -0.15) is 0 Å². The fourth-order valence-corrected chi connectivity index (χ4v) is 2.63. The minimum Gasteiger partial charge on any atom is -0.334 e. The molecule has 1 aromatic rings. The van der Waals surface area contributed by atoms with Gasteiger partial charge in [0.15, 0.2) is 0 Å². The van der Waals surface area contributed by atoms with Gasteiger partial charge in [-0.15, -0.1) is 0 Å².